The number of carbonyl (C=O) groups is 2. The predicted octanol–water partition coefficient (Wildman–Crippen LogP) is 0.0559. The van der Waals surface area contributed by atoms with Crippen LogP contribution in [-0.4, -0.2) is 64.5 Å². The molecule has 2 aliphatic rings. The molecular formula is C13H17N3O3S. The summed E-state index contributed by atoms with van der Waals surface area (Å²) in [5, 5.41) is 10.7. The summed E-state index contributed by atoms with van der Waals surface area (Å²) < 4.78 is 0. The third-order valence-electron chi connectivity index (χ3n) is 4.01. The van der Waals surface area contributed by atoms with Crippen molar-refractivity contribution in [3.63, 3.8) is 0 Å². The van der Waals surface area contributed by atoms with Crippen molar-refractivity contribution < 1.29 is 14.7 Å². The SMILES string of the molecule is O=C(CO)N1CC2CC(C1)CN(C(=O)c1cscn1)C2. The molecule has 20 heavy (non-hydrogen) atoms. The van der Waals surface area contributed by atoms with E-state index in [2.05, 4.69) is 4.98 Å². The van der Waals surface area contributed by atoms with Gasteiger partial charge in [-0.1, -0.05) is 0 Å². The molecule has 6 nitrogen and oxygen atoms in total. The molecular weight excluding hydrogens is 278 g/mol. The van der Waals surface area contributed by atoms with Gasteiger partial charge in [-0.05, 0) is 18.3 Å². The summed E-state index contributed by atoms with van der Waals surface area (Å²) in [6.07, 6.45) is 1.05. The number of aromatic nitrogens is 1. The first-order valence-corrected chi connectivity index (χ1v) is 7.67. The lowest BCUT2D eigenvalue weighted by molar-refractivity contribution is -0.138. The van der Waals surface area contributed by atoms with Crippen LogP contribution >= 0.6 is 11.3 Å². The zero-order chi connectivity index (χ0) is 14.1. The summed E-state index contributed by atoms with van der Waals surface area (Å²) in [5.41, 5.74) is 2.18. The van der Waals surface area contributed by atoms with E-state index in [1.807, 2.05) is 4.90 Å². The summed E-state index contributed by atoms with van der Waals surface area (Å²) in [4.78, 5) is 31.6. The quantitative estimate of drug-likeness (QED) is 0.837. The average molecular weight is 295 g/mol. The van der Waals surface area contributed by atoms with Gasteiger partial charge in [-0.2, -0.15) is 0 Å². The highest BCUT2D eigenvalue weighted by Gasteiger charge is 2.37. The van der Waals surface area contributed by atoms with Crippen LogP contribution in [0.2, 0.25) is 0 Å². The minimum atomic E-state index is -0.430. The number of thiazole rings is 1. The number of carbonyl (C=O) groups excluding carboxylic acids is 2. The van der Waals surface area contributed by atoms with Crippen molar-refractivity contribution in [2.75, 3.05) is 32.8 Å². The van der Waals surface area contributed by atoms with Crippen molar-refractivity contribution in [1.82, 2.24) is 14.8 Å². The number of piperidine rings is 2. The second-order valence-corrected chi connectivity index (χ2v) is 6.23. The molecule has 2 amide bonds. The molecule has 3 heterocycles. The van der Waals surface area contributed by atoms with E-state index in [-0.39, 0.29) is 11.8 Å². The van der Waals surface area contributed by atoms with Gasteiger partial charge in [0, 0.05) is 31.6 Å². The van der Waals surface area contributed by atoms with Crippen molar-refractivity contribution >= 4 is 23.2 Å². The molecule has 0 aliphatic carbocycles. The maximum absolute atomic E-state index is 12.3. The van der Waals surface area contributed by atoms with E-state index in [1.165, 1.54) is 11.3 Å². The van der Waals surface area contributed by atoms with Crippen molar-refractivity contribution in [3.8, 4) is 0 Å². The van der Waals surface area contributed by atoms with Crippen LogP contribution in [0.1, 0.15) is 16.9 Å². The maximum atomic E-state index is 12.3. The van der Waals surface area contributed by atoms with E-state index in [4.69, 9.17) is 5.11 Å². The summed E-state index contributed by atoms with van der Waals surface area (Å²) in [6, 6.07) is 0. The normalized spacial score (nSPS) is 25.6. The fourth-order valence-electron chi connectivity index (χ4n) is 3.23. The fourth-order valence-corrected chi connectivity index (χ4v) is 3.76. The summed E-state index contributed by atoms with van der Waals surface area (Å²) in [6.45, 7) is 2.18. The fraction of sp³-hybridized carbons (Fsp3) is 0.615. The number of rotatable bonds is 2. The van der Waals surface area contributed by atoms with Gasteiger partial charge in [0.2, 0.25) is 5.91 Å². The van der Waals surface area contributed by atoms with Crippen molar-refractivity contribution in [3.05, 3.63) is 16.6 Å². The number of likely N-dealkylation sites (tertiary alicyclic amines) is 2. The molecule has 1 aromatic heterocycles. The smallest absolute Gasteiger partial charge is 0.273 e. The van der Waals surface area contributed by atoms with Gasteiger partial charge in [0.25, 0.3) is 5.91 Å². The number of amides is 2. The summed E-state index contributed by atoms with van der Waals surface area (Å²) in [5.74, 6) is 0.392. The van der Waals surface area contributed by atoms with E-state index in [0.717, 1.165) is 6.42 Å². The van der Waals surface area contributed by atoms with Gasteiger partial charge in [0.15, 0.2) is 0 Å². The first-order valence-electron chi connectivity index (χ1n) is 6.73. The van der Waals surface area contributed by atoms with Crippen LogP contribution in [0.5, 0.6) is 0 Å². The Balaban J connectivity index is 1.67. The van der Waals surface area contributed by atoms with Crippen molar-refractivity contribution in [1.29, 1.82) is 0 Å². The highest BCUT2D eigenvalue weighted by molar-refractivity contribution is 7.07. The highest BCUT2D eigenvalue weighted by Crippen LogP contribution is 2.29. The third-order valence-corrected chi connectivity index (χ3v) is 4.59. The zero-order valence-electron chi connectivity index (χ0n) is 11.1. The van der Waals surface area contributed by atoms with Crippen LogP contribution in [0.25, 0.3) is 0 Å². The van der Waals surface area contributed by atoms with Crippen molar-refractivity contribution in [2.24, 2.45) is 11.8 Å². The van der Waals surface area contributed by atoms with Crippen LogP contribution in [0.15, 0.2) is 10.9 Å². The van der Waals surface area contributed by atoms with Crippen molar-refractivity contribution in [2.45, 2.75) is 6.42 Å². The van der Waals surface area contributed by atoms with Gasteiger partial charge in [-0.3, -0.25) is 9.59 Å². The molecule has 2 aliphatic heterocycles. The Morgan fingerprint density at radius 1 is 1.25 bits per heavy atom. The van der Waals surface area contributed by atoms with E-state index >= 15 is 0 Å². The first kappa shape index (κ1) is 13.5. The van der Waals surface area contributed by atoms with Gasteiger partial charge in [0.1, 0.15) is 12.3 Å². The molecule has 2 fully saturated rings. The highest BCUT2D eigenvalue weighted by atomic mass is 32.1. The average Bonchev–Trinajstić information content (AvgIpc) is 2.98. The van der Waals surface area contributed by atoms with Gasteiger partial charge in [-0.25, -0.2) is 4.98 Å². The predicted molar refractivity (Wildman–Crippen MR) is 73.3 cm³/mol. The molecule has 108 valence electrons. The standard InChI is InChI=1S/C13H17N3O3S/c17-6-12(18)15-2-9-1-10(3-15)5-16(4-9)13(19)11-7-20-8-14-11/h7-10,17H,1-6H2. The molecule has 0 aromatic carbocycles. The maximum Gasteiger partial charge on any atom is 0.273 e. The van der Waals surface area contributed by atoms with Crippen LogP contribution in [0.3, 0.4) is 0 Å². The largest absolute Gasteiger partial charge is 0.387 e. The van der Waals surface area contributed by atoms with Gasteiger partial charge in [0.05, 0.1) is 5.51 Å². The summed E-state index contributed by atoms with van der Waals surface area (Å²) in [7, 11) is 0. The van der Waals surface area contributed by atoms with Crippen LogP contribution in [0.4, 0.5) is 0 Å². The van der Waals surface area contributed by atoms with Gasteiger partial charge >= 0.3 is 0 Å². The lowest BCUT2D eigenvalue weighted by atomic mass is 9.84. The molecule has 2 unspecified atom stereocenters. The number of aliphatic hydroxyl groups excluding tert-OH is 1. The lowest BCUT2D eigenvalue weighted by Gasteiger charge is -2.45. The van der Waals surface area contributed by atoms with Crippen LogP contribution in [0, 0.1) is 11.8 Å². The molecule has 0 radical (unpaired) electrons. The molecule has 2 saturated heterocycles. The molecule has 2 atom stereocenters. The number of fused-ring (bicyclic) bond motifs is 2. The Morgan fingerprint density at radius 2 is 1.90 bits per heavy atom. The lowest BCUT2D eigenvalue weighted by Crippen LogP contribution is -2.55. The first-order chi connectivity index (χ1) is 9.67. The topological polar surface area (TPSA) is 73.7 Å². The number of hydrogen-bond donors (Lipinski definition) is 1. The molecule has 3 rings (SSSR count). The van der Waals surface area contributed by atoms with Crippen LogP contribution in [-0.2, 0) is 4.79 Å². The molecule has 7 heteroatoms. The van der Waals surface area contributed by atoms with E-state index in [1.54, 1.807) is 15.8 Å². The molecule has 0 spiro atoms. The monoisotopic (exact) mass is 295 g/mol. The van der Waals surface area contributed by atoms with Gasteiger partial charge < -0.3 is 14.9 Å². The Kier molecular flexibility index (Phi) is 3.71. The Labute approximate surface area is 121 Å². The van der Waals surface area contributed by atoms with Gasteiger partial charge in [-0.15, -0.1) is 11.3 Å². The number of hydrogen-bond acceptors (Lipinski definition) is 5. The summed E-state index contributed by atoms with van der Waals surface area (Å²) >= 11 is 1.42. The third kappa shape index (κ3) is 2.55. The molecule has 1 N–H and O–H groups in total. The van der Waals surface area contributed by atoms with Crippen LogP contribution < -0.4 is 0 Å². The minimum Gasteiger partial charge on any atom is -0.387 e. The number of aliphatic hydroxyl groups is 1. The Hall–Kier alpha value is -1.47. The second kappa shape index (κ2) is 5.49. The minimum absolute atomic E-state index is 0.0112. The van der Waals surface area contributed by atoms with E-state index in [0.29, 0.717) is 43.7 Å². The second-order valence-electron chi connectivity index (χ2n) is 5.51. The van der Waals surface area contributed by atoms with E-state index in [9.17, 15) is 9.59 Å². The molecule has 2 bridgehead atoms. The Bertz CT molecular complexity index is 491. The van der Waals surface area contributed by atoms with E-state index < -0.39 is 6.61 Å². The Morgan fingerprint density at radius 3 is 2.45 bits per heavy atom. The molecule has 0 saturated carbocycles. The molecule has 1 aromatic rings. The zero-order valence-corrected chi connectivity index (χ0v) is 11.9. The number of nitrogens with zero attached hydrogens (tertiary/aromatic N) is 3.